The molecule has 1 aromatic rings. The Balaban J connectivity index is 0.00000301. The Morgan fingerprint density at radius 1 is 1.27 bits per heavy atom. The summed E-state index contributed by atoms with van der Waals surface area (Å²) in [6, 6.07) is 5.69. The predicted octanol–water partition coefficient (Wildman–Crippen LogP) is 6.05. The molecule has 0 saturated heterocycles. The highest BCUT2D eigenvalue weighted by atomic mass is 35.5. The lowest BCUT2D eigenvalue weighted by molar-refractivity contribution is -0.116. The van der Waals surface area contributed by atoms with Gasteiger partial charge in [0.25, 0.3) is 5.91 Å². The molecule has 0 spiro atoms. The van der Waals surface area contributed by atoms with Crippen LogP contribution in [0.2, 0.25) is 5.02 Å². The van der Waals surface area contributed by atoms with Crippen molar-refractivity contribution in [3.63, 3.8) is 0 Å². The van der Waals surface area contributed by atoms with Gasteiger partial charge in [-0.1, -0.05) is 63.7 Å². The summed E-state index contributed by atoms with van der Waals surface area (Å²) >= 11 is 6.29. The average molecular weight is 375 g/mol. The first kappa shape index (κ1) is 23.7. The van der Waals surface area contributed by atoms with Gasteiger partial charge in [0, 0.05) is 17.8 Å². The van der Waals surface area contributed by atoms with Crippen LogP contribution in [0.15, 0.2) is 65.9 Å². The van der Waals surface area contributed by atoms with E-state index in [1.54, 1.807) is 13.1 Å². The van der Waals surface area contributed by atoms with Crippen molar-refractivity contribution >= 4 is 23.2 Å². The number of halogens is 1. The lowest BCUT2D eigenvalue weighted by atomic mass is 10.0. The van der Waals surface area contributed by atoms with Crippen molar-refractivity contribution in [2.75, 3.05) is 12.4 Å². The second kappa shape index (κ2) is 12.2. The van der Waals surface area contributed by atoms with Crippen LogP contribution in [0.4, 0.5) is 5.69 Å². The first-order valence-electron chi connectivity index (χ1n) is 8.83. The summed E-state index contributed by atoms with van der Waals surface area (Å²) in [5.41, 5.74) is 4.83. The molecule has 0 aromatic heterocycles. The van der Waals surface area contributed by atoms with E-state index in [0.717, 1.165) is 28.8 Å². The number of anilines is 1. The van der Waals surface area contributed by atoms with Crippen molar-refractivity contribution in [3.8, 4) is 0 Å². The quantitative estimate of drug-likeness (QED) is 0.450. The minimum absolute atomic E-state index is 0.233. The predicted molar refractivity (Wildman–Crippen MR) is 116 cm³/mol. The summed E-state index contributed by atoms with van der Waals surface area (Å²) in [5, 5.41) is 6.67. The average Bonchev–Trinajstić information content (AvgIpc) is 2.66. The van der Waals surface area contributed by atoms with Gasteiger partial charge in [0.2, 0.25) is 0 Å². The summed E-state index contributed by atoms with van der Waals surface area (Å²) in [7, 11) is 1.59. The Labute approximate surface area is 163 Å². The van der Waals surface area contributed by atoms with Gasteiger partial charge in [-0.15, -0.1) is 0 Å². The zero-order valence-corrected chi connectivity index (χ0v) is 17.6. The van der Waals surface area contributed by atoms with E-state index in [4.69, 9.17) is 11.6 Å². The second-order valence-corrected chi connectivity index (χ2v) is 5.79. The maximum absolute atomic E-state index is 12.1. The molecule has 0 aliphatic rings. The van der Waals surface area contributed by atoms with Crippen LogP contribution in [0.3, 0.4) is 0 Å². The molecule has 1 aromatic carbocycles. The molecule has 26 heavy (non-hydrogen) atoms. The number of hydrogen-bond donors (Lipinski definition) is 2. The fourth-order valence-electron chi connectivity index (χ4n) is 2.33. The smallest absolute Gasteiger partial charge is 0.252 e. The normalized spacial score (nSPS) is 11.6. The summed E-state index contributed by atoms with van der Waals surface area (Å²) in [6.45, 7) is 17.6. The van der Waals surface area contributed by atoms with Crippen molar-refractivity contribution in [1.29, 1.82) is 0 Å². The third kappa shape index (κ3) is 6.23. The van der Waals surface area contributed by atoms with Gasteiger partial charge in [-0.3, -0.25) is 4.79 Å². The van der Waals surface area contributed by atoms with Gasteiger partial charge in [-0.25, -0.2) is 0 Å². The molecule has 0 unspecified atom stereocenters. The number of benzene rings is 1. The summed E-state index contributed by atoms with van der Waals surface area (Å²) in [4.78, 5) is 12.1. The molecule has 0 atom stereocenters. The van der Waals surface area contributed by atoms with Crippen LogP contribution >= 0.6 is 11.6 Å². The van der Waals surface area contributed by atoms with Crippen LogP contribution in [0.25, 0.3) is 0 Å². The van der Waals surface area contributed by atoms with Crippen LogP contribution in [-0.2, 0) is 11.2 Å². The Morgan fingerprint density at radius 2 is 1.88 bits per heavy atom. The number of nitrogens with one attached hydrogen (secondary N) is 2. The number of amides is 1. The third-order valence-electron chi connectivity index (χ3n) is 3.87. The van der Waals surface area contributed by atoms with Crippen LogP contribution in [0.5, 0.6) is 0 Å². The van der Waals surface area contributed by atoms with Gasteiger partial charge in [0.05, 0.1) is 11.3 Å². The van der Waals surface area contributed by atoms with Gasteiger partial charge >= 0.3 is 0 Å². The SMILES string of the molecule is C=C/C=C(C)/C(C)=C(\Nc1cccc(Cl)c1CC)C(=C)C(=O)NC.CC. The largest absolute Gasteiger partial charge is 0.355 e. The van der Waals surface area contributed by atoms with Gasteiger partial charge in [-0.2, -0.15) is 0 Å². The molecule has 0 aliphatic carbocycles. The zero-order valence-electron chi connectivity index (χ0n) is 16.8. The highest BCUT2D eigenvalue weighted by Gasteiger charge is 2.16. The van der Waals surface area contributed by atoms with Crippen LogP contribution in [0.1, 0.15) is 40.2 Å². The second-order valence-electron chi connectivity index (χ2n) is 5.39. The molecular weight excluding hydrogens is 344 g/mol. The van der Waals surface area contributed by atoms with Crippen molar-refractivity contribution < 1.29 is 4.79 Å². The van der Waals surface area contributed by atoms with Gasteiger partial charge < -0.3 is 10.6 Å². The minimum Gasteiger partial charge on any atom is -0.355 e. The number of rotatable bonds is 7. The number of allylic oxidation sites excluding steroid dienone is 4. The number of carbonyl (C=O) groups excluding carboxylic acids is 1. The van der Waals surface area contributed by atoms with E-state index in [1.807, 2.05) is 58.9 Å². The van der Waals surface area contributed by atoms with E-state index < -0.39 is 0 Å². The molecule has 0 heterocycles. The monoisotopic (exact) mass is 374 g/mol. The Kier molecular flexibility index (Phi) is 11.1. The van der Waals surface area contributed by atoms with E-state index in [1.165, 1.54) is 0 Å². The molecule has 0 saturated carbocycles. The van der Waals surface area contributed by atoms with E-state index >= 15 is 0 Å². The highest BCUT2D eigenvalue weighted by Crippen LogP contribution is 2.29. The number of likely N-dealkylation sites (N-methyl/N-ethyl adjacent to an activating group) is 1. The minimum atomic E-state index is -0.233. The molecule has 0 bridgehead atoms. The fourth-order valence-corrected chi connectivity index (χ4v) is 2.64. The molecule has 0 radical (unpaired) electrons. The van der Waals surface area contributed by atoms with Crippen molar-refractivity contribution in [1.82, 2.24) is 5.32 Å². The molecule has 1 amide bonds. The first-order chi connectivity index (χ1) is 12.4. The van der Waals surface area contributed by atoms with E-state index in [-0.39, 0.29) is 5.91 Å². The van der Waals surface area contributed by atoms with Crippen LogP contribution < -0.4 is 10.6 Å². The molecule has 4 heteroatoms. The molecule has 2 N–H and O–H groups in total. The molecule has 142 valence electrons. The molecule has 3 nitrogen and oxygen atoms in total. The lowest BCUT2D eigenvalue weighted by Gasteiger charge is -2.19. The highest BCUT2D eigenvalue weighted by molar-refractivity contribution is 6.31. The van der Waals surface area contributed by atoms with Crippen molar-refractivity contribution in [3.05, 3.63) is 76.5 Å². The van der Waals surface area contributed by atoms with Gasteiger partial charge in [0.1, 0.15) is 0 Å². The Bertz CT molecular complexity index is 715. The standard InChI is InChI=1S/C20H25ClN2O.C2H6/c1-7-10-13(3)14(4)19(15(5)20(24)22-6)23-18-12-9-11-17(21)16(18)8-2;1-2/h7,9-12,23H,1,5,8H2,2-4,6H3,(H,22,24);1-2H3/b13-10+,19-14-;. The van der Waals surface area contributed by atoms with Gasteiger partial charge in [0.15, 0.2) is 0 Å². The van der Waals surface area contributed by atoms with Crippen molar-refractivity contribution in [2.45, 2.75) is 41.0 Å². The van der Waals surface area contributed by atoms with Gasteiger partial charge in [-0.05, 0) is 49.1 Å². The summed E-state index contributed by atoms with van der Waals surface area (Å²) in [5.74, 6) is -0.233. The van der Waals surface area contributed by atoms with E-state index in [9.17, 15) is 4.79 Å². The lowest BCUT2D eigenvalue weighted by Crippen LogP contribution is -2.23. The molecule has 0 aliphatic heterocycles. The number of hydrogen-bond acceptors (Lipinski definition) is 2. The van der Waals surface area contributed by atoms with Crippen molar-refractivity contribution in [2.24, 2.45) is 0 Å². The maximum atomic E-state index is 12.1. The molecule has 1 rings (SSSR count). The maximum Gasteiger partial charge on any atom is 0.252 e. The van der Waals surface area contributed by atoms with E-state index in [2.05, 4.69) is 23.8 Å². The van der Waals surface area contributed by atoms with Crippen LogP contribution in [0, 0.1) is 0 Å². The van der Waals surface area contributed by atoms with Crippen LogP contribution in [-0.4, -0.2) is 13.0 Å². The summed E-state index contributed by atoms with van der Waals surface area (Å²) in [6.07, 6.45) is 4.39. The first-order valence-corrected chi connectivity index (χ1v) is 9.21. The molecule has 0 fully saturated rings. The zero-order chi connectivity index (χ0) is 20.3. The topological polar surface area (TPSA) is 41.1 Å². The third-order valence-corrected chi connectivity index (χ3v) is 4.22. The summed E-state index contributed by atoms with van der Waals surface area (Å²) < 4.78 is 0. The number of carbonyl (C=O) groups is 1. The fraction of sp³-hybridized carbons (Fsp3) is 0.318. The van der Waals surface area contributed by atoms with E-state index in [0.29, 0.717) is 16.3 Å². The molecular formula is C22H31ClN2O. The Morgan fingerprint density at radius 3 is 2.38 bits per heavy atom. The Hall–Kier alpha value is -2.26.